The Hall–Kier alpha value is -1.32. The van der Waals surface area contributed by atoms with Crippen LogP contribution in [-0.2, 0) is 28.6 Å². The van der Waals surface area contributed by atoms with Crippen LogP contribution in [0.1, 0.15) is 20.8 Å². The van der Waals surface area contributed by atoms with Crippen LogP contribution in [0.25, 0.3) is 0 Å². The van der Waals surface area contributed by atoms with E-state index in [-0.39, 0.29) is 6.61 Å². The molecule has 8 nitrogen and oxygen atoms in total. The summed E-state index contributed by atoms with van der Waals surface area (Å²) in [6, 6.07) is -0.920. The predicted molar refractivity (Wildman–Crippen MR) is 73.1 cm³/mol. The van der Waals surface area contributed by atoms with E-state index in [1.165, 1.54) is 20.8 Å². The second kappa shape index (κ2) is 7.62. The van der Waals surface area contributed by atoms with Gasteiger partial charge >= 0.3 is 17.9 Å². The number of aliphatic hydroxyl groups excluding tert-OH is 1. The average molecular weight is 321 g/mol. The molecule has 0 aliphatic carbocycles. The predicted octanol–water partition coefficient (Wildman–Crippen LogP) is -0.826. The molecule has 0 radical (unpaired) electrons. The van der Waals surface area contributed by atoms with Gasteiger partial charge in [0.1, 0.15) is 12.0 Å². The molecule has 0 aromatic heterocycles. The lowest BCUT2D eigenvalue weighted by Gasteiger charge is -2.41. The van der Waals surface area contributed by atoms with E-state index in [0.29, 0.717) is 0 Å². The van der Waals surface area contributed by atoms with Crippen LogP contribution in [-0.4, -0.2) is 58.6 Å². The van der Waals surface area contributed by atoms with E-state index in [1.807, 2.05) is 0 Å². The van der Waals surface area contributed by atoms with Crippen molar-refractivity contribution < 1.29 is 33.7 Å². The van der Waals surface area contributed by atoms with Crippen LogP contribution in [0.3, 0.4) is 0 Å². The van der Waals surface area contributed by atoms with E-state index in [9.17, 15) is 19.5 Å². The lowest BCUT2D eigenvalue weighted by Crippen LogP contribution is -2.60. The minimum atomic E-state index is -1.04. The third-order valence-electron chi connectivity index (χ3n) is 2.77. The van der Waals surface area contributed by atoms with Gasteiger partial charge < -0.3 is 25.1 Å². The minimum Gasteiger partial charge on any atom is -0.465 e. The summed E-state index contributed by atoms with van der Waals surface area (Å²) in [6.07, 6.45) is -1.92. The van der Waals surface area contributed by atoms with E-state index < -0.39 is 46.8 Å². The van der Waals surface area contributed by atoms with Gasteiger partial charge in [-0.25, -0.2) is 0 Å². The van der Waals surface area contributed by atoms with E-state index >= 15 is 0 Å². The maximum Gasteiger partial charge on any atom is 0.303 e. The highest BCUT2D eigenvalue weighted by Crippen LogP contribution is 2.34. The fourth-order valence-corrected chi connectivity index (χ4v) is 3.15. The molecular formula is C12H19NO7S. The molecule has 0 unspecified atom stereocenters. The number of nitrogens with two attached hydrogens (primary N) is 1. The molecule has 9 heteroatoms. The van der Waals surface area contributed by atoms with E-state index in [4.69, 9.17) is 19.9 Å². The first-order chi connectivity index (χ1) is 9.72. The summed E-state index contributed by atoms with van der Waals surface area (Å²) in [6.45, 7) is 3.53. The molecule has 1 heterocycles. The minimum absolute atomic E-state index is 0.0977. The van der Waals surface area contributed by atoms with Crippen molar-refractivity contribution in [1.82, 2.24) is 0 Å². The Morgan fingerprint density at radius 2 is 1.57 bits per heavy atom. The summed E-state index contributed by atoms with van der Waals surface area (Å²) in [5.74, 6) is -1.71. The zero-order valence-electron chi connectivity index (χ0n) is 12.0. The standard InChI is InChI=1S/C12H19NO7S/c1-5(14)18-4-8-10(19-6(2)15)11(20-7(3)16)9(13)12(17)21-8/h8-12,17H,4,13H2,1-3H3/t8-,9-,10-,11-,12+/m1/s1. The van der Waals surface area contributed by atoms with Gasteiger partial charge in [0.25, 0.3) is 0 Å². The molecule has 1 saturated heterocycles. The van der Waals surface area contributed by atoms with Crippen LogP contribution in [0.15, 0.2) is 0 Å². The third kappa shape index (κ3) is 5.18. The number of carbonyl (C=O) groups excluding carboxylic acids is 3. The van der Waals surface area contributed by atoms with Gasteiger partial charge in [-0.2, -0.15) is 0 Å². The lowest BCUT2D eigenvalue weighted by molar-refractivity contribution is -0.171. The molecular weight excluding hydrogens is 302 g/mol. The second-order valence-electron chi connectivity index (χ2n) is 4.59. The van der Waals surface area contributed by atoms with Crippen molar-refractivity contribution >= 4 is 29.7 Å². The molecule has 0 saturated carbocycles. The van der Waals surface area contributed by atoms with Crippen molar-refractivity contribution in [2.75, 3.05) is 6.61 Å². The molecule has 120 valence electrons. The highest BCUT2D eigenvalue weighted by Gasteiger charge is 2.47. The van der Waals surface area contributed by atoms with Crippen molar-refractivity contribution in [3.8, 4) is 0 Å². The summed E-state index contributed by atoms with van der Waals surface area (Å²) in [5, 5.41) is 9.33. The normalized spacial score (nSPS) is 32.1. The quantitative estimate of drug-likeness (QED) is 0.504. The molecule has 0 spiro atoms. The van der Waals surface area contributed by atoms with Gasteiger partial charge in [0, 0.05) is 20.8 Å². The summed E-state index contributed by atoms with van der Waals surface area (Å²) >= 11 is 1.00. The zero-order valence-corrected chi connectivity index (χ0v) is 12.8. The Bertz CT molecular complexity index is 416. The second-order valence-corrected chi connectivity index (χ2v) is 5.95. The van der Waals surface area contributed by atoms with Crippen LogP contribution in [0.2, 0.25) is 0 Å². The lowest BCUT2D eigenvalue weighted by atomic mass is 10.0. The van der Waals surface area contributed by atoms with Gasteiger partial charge in [0.2, 0.25) is 0 Å². The van der Waals surface area contributed by atoms with Crippen molar-refractivity contribution in [2.24, 2.45) is 5.73 Å². The number of thioether (sulfide) groups is 1. The number of carbonyl (C=O) groups is 3. The van der Waals surface area contributed by atoms with Crippen LogP contribution in [0.4, 0.5) is 0 Å². The Balaban J connectivity index is 2.94. The maximum atomic E-state index is 11.2. The molecule has 21 heavy (non-hydrogen) atoms. The number of esters is 3. The zero-order chi connectivity index (χ0) is 16.2. The van der Waals surface area contributed by atoms with Gasteiger partial charge in [-0.1, -0.05) is 0 Å². The smallest absolute Gasteiger partial charge is 0.303 e. The van der Waals surface area contributed by atoms with E-state index in [1.54, 1.807) is 0 Å². The van der Waals surface area contributed by atoms with Gasteiger partial charge in [0.15, 0.2) is 12.2 Å². The fourth-order valence-electron chi connectivity index (χ4n) is 1.95. The first kappa shape index (κ1) is 17.7. The molecule has 1 rings (SSSR count). The van der Waals surface area contributed by atoms with Crippen LogP contribution >= 0.6 is 11.8 Å². The molecule has 3 N–H and O–H groups in total. The van der Waals surface area contributed by atoms with Gasteiger partial charge in [-0.05, 0) is 0 Å². The summed E-state index contributed by atoms with van der Waals surface area (Å²) in [5.41, 5.74) is 4.77. The third-order valence-corrected chi connectivity index (χ3v) is 4.12. The molecule has 1 aliphatic rings. The van der Waals surface area contributed by atoms with Gasteiger partial charge in [0.05, 0.1) is 11.3 Å². The highest BCUT2D eigenvalue weighted by molar-refractivity contribution is 8.00. The first-order valence-electron chi connectivity index (χ1n) is 6.29. The Morgan fingerprint density at radius 3 is 2.05 bits per heavy atom. The summed E-state index contributed by atoms with van der Waals surface area (Å²) in [7, 11) is 0. The van der Waals surface area contributed by atoms with Gasteiger partial charge in [-0.3, -0.25) is 14.4 Å². The molecule has 5 atom stereocenters. The summed E-state index contributed by atoms with van der Waals surface area (Å²) < 4.78 is 15.1. The van der Waals surface area contributed by atoms with Gasteiger partial charge in [-0.15, -0.1) is 11.8 Å². The van der Waals surface area contributed by atoms with E-state index in [2.05, 4.69) is 0 Å². The molecule has 1 fully saturated rings. The van der Waals surface area contributed by atoms with Crippen LogP contribution in [0.5, 0.6) is 0 Å². The summed E-state index contributed by atoms with van der Waals surface area (Å²) in [4.78, 5) is 33.3. The first-order valence-corrected chi connectivity index (χ1v) is 7.23. The molecule has 0 aromatic rings. The molecule has 0 amide bonds. The molecule has 0 bridgehead atoms. The van der Waals surface area contributed by atoms with Crippen molar-refractivity contribution in [3.63, 3.8) is 0 Å². The number of hydrogen-bond acceptors (Lipinski definition) is 9. The molecule has 1 aliphatic heterocycles. The van der Waals surface area contributed by atoms with Crippen molar-refractivity contribution in [1.29, 1.82) is 0 Å². The fraction of sp³-hybridized carbons (Fsp3) is 0.750. The Kier molecular flexibility index (Phi) is 6.43. The number of aliphatic hydroxyl groups is 1. The molecule has 0 aromatic carbocycles. The maximum absolute atomic E-state index is 11.2. The van der Waals surface area contributed by atoms with Crippen LogP contribution < -0.4 is 5.73 Å². The highest BCUT2D eigenvalue weighted by atomic mass is 32.2. The van der Waals surface area contributed by atoms with E-state index in [0.717, 1.165) is 11.8 Å². The average Bonchev–Trinajstić information content (AvgIpc) is 2.35. The number of hydrogen-bond donors (Lipinski definition) is 2. The van der Waals surface area contributed by atoms with Crippen molar-refractivity contribution in [3.05, 3.63) is 0 Å². The largest absolute Gasteiger partial charge is 0.465 e. The Labute approximate surface area is 126 Å². The SMILES string of the molecule is CC(=O)OC[C@H]1S[C@H](O)[C@H](N)[C@@H](OC(C)=O)[C@@H]1OC(C)=O. The van der Waals surface area contributed by atoms with Crippen LogP contribution in [0, 0.1) is 0 Å². The van der Waals surface area contributed by atoms with Crippen molar-refractivity contribution in [2.45, 2.75) is 49.7 Å². The Morgan fingerprint density at radius 1 is 1.05 bits per heavy atom. The number of rotatable bonds is 4. The monoisotopic (exact) mass is 321 g/mol. The topological polar surface area (TPSA) is 125 Å². The number of ether oxygens (including phenoxy) is 3.